The maximum absolute atomic E-state index is 13.0. The Hall–Kier alpha value is -2.09. The van der Waals surface area contributed by atoms with Gasteiger partial charge in [-0.25, -0.2) is 0 Å². The summed E-state index contributed by atoms with van der Waals surface area (Å²) in [4.78, 5) is 13.0. The zero-order valence-electron chi connectivity index (χ0n) is 16.9. The van der Waals surface area contributed by atoms with Crippen LogP contribution in [0.1, 0.15) is 74.2 Å². The van der Waals surface area contributed by atoms with Crippen molar-refractivity contribution < 1.29 is 4.79 Å². The minimum Gasteiger partial charge on any atom is -0.322 e. The Morgan fingerprint density at radius 2 is 1.24 bits per heavy atom. The number of benzene rings is 2. The third-order valence-corrected chi connectivity index (χ3v) is 4.65. The lowest BCUT2D eigenvalue weighted by molar-refractivity contribution is 0.102. The average molecular weight is 338 g/mol. The van der Waals surface area contributed by atoms with Crippen molar-refractivity contribution in [2.45, 2.75) is 66.2 Å². The Balaban J connectivity index is 2.49. The molecule has 0 radical (unpaired) electrons. The van der Waals surface area contributed by atoms with E-state index in [2.05, 4.69) is 52.9 Å². The van der Waals surface area contributed by atoms with E-state index in [0.29, 0.717) is 0 Å². The van der Waals surface area contributed by atoms with Crippen molar-refractivity contribution in [2.75, 3.05) is 5.32 Å². The summed E-state index contributed by atoms with van der Waals surface area (Å²) in [5.41, 5.74) is 6.15. The number of para-hydroxylation sites is 1. The molecule has 0 aliphatic heterocycles. The molecule has 2 nitrogen and oxygen atoms in total. The highest BCUT2D eigenvalue weighted by molar-refractivity contribution is 6.05. The maximum Gasteiger partial charge on any atom is 0.255 e. The third kappa shape index (κ3) is 4.50. The monoisotopic (exact) mass is 337 g/mol. The summed E-state index contributed by atoms with van der Waals surface area (Å²) in [6.45, 7) is 17.1. The van der Waals surface area contributed by atoms with Gasteiger partial charge in [-0.15, -0.1) is 0 Å². The number of hydrogen-bond acceptors (Lipinski definition) is 1. The summed E-state index contributed by atoms with van der Waals surface area (Å²) in [6.07, 6.45) is 0. The van der Waals surface area contributed by atoms with E-state index in [-0.39, 0.29) is 16.7 Å². The molecule has 1 amide bonds. The Morgan fingerprint density at radius 1 is 0.800 bits per heavy atom. The number of aryl methyl sites for hydroxylation is 2. The van der Waals surface area contributed by atoms with Crippen molar-refractivity contribution in [3.05, 3.63) is 64.2 Å². The van der Waals surface area contributed by atoms with Crippen molar-refractivity contribution >= 4 is 11.6 Å². The molecule has 0 spiro atoms. The Labute approximate surface area is 152 Å². The van der Waals surface area contributed by atoms with Crippen LogP contribution in [-0.2, 0) is 10.8 Å². The van der Waals surface area contributed by atoms with Crippen LogP contribution in [0.15, 0.2) is 36.4 Å². The van der Waals surface area contributed by atoms with E-state index in [1.165, 1.54) is 11.1 Å². The summed E-state index contributed by atoms with van der Waals surface area (Å²) in [6, 6.07) is 12.3. The summed E-state index contributed by atoms with van der Waals surface area (Å²) in [7, 11) is 0. The quantitative estimate of drug-likeness (QED) is 0.699. The van der Waals surface area contributed by atoms with Crippen LogP contribution >= 0.6 is 0 Å². The zero-order valence-corrected chi connectivity index (χ0v) is 16.9. The van der Waals surface area contributed by atoms with Crippen LogP contribution < -0.4 is 5.32 Å². The first-order chi connectivity index (χ1) is 11.4. The summed E-state index contributed by atoms with van der Waals surface area (Å²) in [5, 5.41) is 3.11. The van der Waals surface area contributed by atoms with Crippen LogP contribution in [0.3, 0.4) is 0 Å². The van der Waals surface area contributed by atoms with Crippen molar-refractivity contribution in [3.8, 4) is 0 Å². The predicted octanol–water partition coefficient (Wildman–Crippen LogP) is 6.15. The molecule has 0 aliphatic carbocycles. The van der Waals surface area contributed by atoms with E-state index in [4.69, 9.17) is 0 Å². The van der Waals surface area contributed by atoms with E-state index in [0.717, 1.165) is 22.4 Å². The zero-order chi connectivity index (χ0) is 19.0. The number of anilines is 1. The molecule has 0 aliphatic rings. The number of amides is 1. The lowest BCUT2D eigenvalue weighted by Gasteiger charge is -2.26. The van der Waals surface area contributed by atoms with Gasteiger partial charge in [0, 0.05) is 11.3 Å². The second kappa shape index (κ2) is 6.67. The van der Waals surface area contributed by atoms with Gasteiger partial charge in [0.2, 0.25) is 0 Å². The molecule has 25 heavy (non-hydrogen) atoms. The molecule has 0 atom stereocenters. The first-order valence-electron chi connectivity index (χ1n) is 8.93. The van der Waals surface area contributed by atoms with Gasteiger partial charge < -0.3 is 5.32 Å². The van der Waals surface area contributed by atoms with E-state index < -0.39 is 0 Å². The third-order valence-electron chi connectivity index (χ3n) is 4.65. The van der Waals surface area contributed by atoms with E-state index >= 15 is 0 Å². The Morgan fingerprint density at radius 3 is 1.64 bits per heavy atom. The van der Waals surface area contributed by atoms with Crippen LogP contribution in [0.5, 0.6) is 0 Å². The Kier molecular flexibility index (Phi) is 5.13. The van der Waals surface area contributed by atoms with Crippen molar-refractivity contribution in [2.24, 2.45) is 0 Å². The second-order valence-corrected chi connectivity index (χ2v) is 9.02. The molecule has 0 bridgehead atoms. The number of carbonyl (C=O) groups is 1. The fraction of sp³-hybridized carbons (Fsp3) is 0.435. The fourth-order valence-corrected chi connectivity index (χ4v) is 2.82. The van der Waals surface area contributed by atoms with E-state index in [9.17, 15) is 4.79 Å². The molecular weight excluding hydrogens is 306 g/mol. The molecule has 0 heterocycles. The number of hydrogen-bond donors (Lipinski definition) is 1. The first-order valence-corrected chi connectivity index (χ1v) is 8.93. The lowest BCUT2D eigenvalue weighted by Crippen LogP contribution is -2.20. The van der Waals surface area contributed by atoms with Gasteiger partial charge in [-0.1, -0.05) is 65.8 Å². The highest BCUT2D eigenvalue weighted by atomic mass is 16.1. The van der Waals surface area contributed by atoms with Gasteiger partial charge in [-0.3, -0.25) is 4.79 Å². The maximum atomic E-state index is 13.0. The topological polar surface area (TPSA) is 29.1 Å². The van der Waals surface area contributed by atoms with Gasteiger partial charge in [-0.05, 0) is 59.1 Å². The molecule has 1 N–H and O–H groups in total. The van der Waals surface area contributed by atoms with Crippen LogP contribution in [0.4, 0.5) is 5.69 Å². The minimum absolute atomic E-state index is 0.00509. The average Bonchev–Trinajstić information content (AvgIpc) is 2.48. The molecule has 0 saturated carbocycles. The molecule has 2 rings (SSSR count). The van der Waals surface area contributed by atoms with E-state index in [1.54, 1.807) is 0 Å². The largest absolute Gasteiger partial charge is 0.322 e. The second-order valence-electron chi connectivity index (χ2n) is 9.02. The SMILES string of the molecule is Cc1cccc(C)c1NC(=O)c1cc(C(C)(C)C)cc(C(C)(C)C)c1. The number of carbonyl (C=O) groups excluding carboxylic acids is 1. The van der Waals surface area contributed by atoms with Crippen molar-refractivity contribution in [1.29, 1.82) is 0 Å². The van der Waals surface area contributed by atoms with Crippen LogP contribution in [0.25, 0.3) is 0 Å². The molecule has 2 aromatic carbocycles. The van der Waals surface area contributed by atoms with Crippen LogP contribution in [0, 0.1) is 13.8 Å². The molecule has 0 saturated heterocycles. The van der Waals surface area contributed by atoms with Gasteiger partial charge in [0.1, 0.15) is 0 Å². The number of nitrogens with one attached hydrogen (secondary N) is 1. The first kappa shape index (κ1) is 19.2. The molecular formula is C23H31NO. The van der Waals surface area contributed by atoms with Gasteiger partial charge in [0.05, 0.1) is 0 Å². The normalized spacial score (nSPS) is 12.2. The smallest absolute Gasteiger partial charge is 0.255 e. The summed E-state index contributed by atoms with van der Waals surface area (Å²) >= 11 is 0. The number of rotatable bonds is 2. The fourth-order valence-electron chi connectivity index (χ4n) is 2.82. The van der Waals surface area contributed by atoms with Crippen LogP contribution in [-0.4, -0.2) is 5.91 Å². The predicted molar refractivity (Wildman–Crippen MR) is 108 cm³/mol. The molecule has 134 valence electrons. The standard InChI is InChI=1S/C23H31NO/c1-15-10-9-11-16(2)20(15)24-21(25)17-12-18(22(3,4)5)14-19(13-17)23(6,7)8/h9-14H,1-8H3,(H,24,25). The highest BCUT2D eigenvalue weighted by Gasteiger charge is 2.22. The minimum atomic E-state index is -0.0472. The molecule has 0 fully saturated rings. The van der Waals surface area contributed by atoms with E-state index in [1.807, 2.05) is 44.2 Å². The van der Waals surface area contributed by atoms with Gasteiger partial charge in [0.25, 0.3) is 5.91 Å². The van der Waals surface area contributed by atoms with Crippen molar-refractivity contribution in [3.63, 3.8) is 0 Å². The van der Waals surface area contributed by atoms with Gasteiger partial charge >= 0.3 is 0 Å². The lowest BCUT2D eigenvalue weighted by atomic mass is 9.79. The summed E-state index contributed by atoms with van der Waals surface area (Å²) < 4.78 is 0. The molecule has 0 unspecified atom stereocenters. The molecule has 2 heteroatoms. The van der Waals surface area contributed by atoms with Crippen molar-refractivity contribution in [1.82, 2.24) is 0 Å². The Bertz CT molecular complexity index is 736. The molecule has 2 aromatic rings. The van der Waals surface area contributed by atoms with Gasteiger partial charge in [-0.2, -0.15) is 0 Å². The van der Waals surface area contributed by atoms with Gasteiger partial charge in [0.15, 0.2) is 0 Å². The summed E-state index contributed by atoms with van der Waals surface area (Å²) in [5.74, 6) is -0.0472. The molecule has 0 aromatic heterocycles. The van der Waals surface area contributed by atoms with Crippen LogP contribution in [0.2, 0.25) is 0 Å². The highest BCUT2D eigenvalue weighted by Crippen LogP contribution is 2.31.